The van der Waals surface area contributed by atoms with Gasteiger partial charge in [-0.25, -0.2) is 8.42 Å². The highest BCUT2D eigenvalue weighted by molar-refractivity contribution is 7.91. The summed E-state index contributed by atoms with van der Waals surface area (Å²) in [5.74, 6) is 0.258. The van der Waals surface area contributed by atoms with Crippen molar-refractivity contribution >= 4 is 21.4 Å². The Hall–Kier alpha value is -2.19. The molecule has 2 aliphatic rings. The van der Waals surface area contributed by atoms with Crippen molar-refractivity contribution in [2.45, 2.75) is 39.3 Å². The average Bonchev–Trinajstić information content (AvgIpc) is 3.15. The second-order valence-corrected chi connectivity index (χ2v) is 10.1. The van der Waals surface area contributed by atoms with Gasteiger partial charge in [-0.15, -0.1) is 0 Å². The maximum absolute atomic E-state index is 12.6. The number of hydrogen-bond acceptors (Lipinski definition) is 5. The SMILES string of the molecule is Cc1nn(C2CCS(=O)(=O)C2)c(C)c1NC(=O)CN1CCc2ccccc2C1. The fourth-order valence-electron chi connectivity index (χ4n) is 4.24. The van der Waals surface area contributed by atoms with E-state index in [-0.39, 0.29) is 23.5 Å². The van der Waals surface area contributed by atoms with Crippen molar-refractivity contribution in [3.05, 3.63) is 46.8 Å². The van der Waals surface area contributed by atoms with Crippen LogP contribution in [0.3, 0.4) is 0 Å². The first-order valence-corrected chi connectivity index (χ1v) is 11.5. The molecule has 1 N–H and O–H groups in total. The largest absolute Gasteiger partial charge is 0.322 e. The van der Waals surface area contributed by atoms with E-state index in [9.17, 15) is 13.2 Å². The Labute approximate surface area is 165 Å². The minimum Gasteiger partial charge on any atom is -0.322 e. The van der Waals surface area contributed by atoms with Crippen LogP contribution >= 0.6 is 0 Å². The van der Waals surface area contributed by atoms with E-state index in [4.69, 9.17) is 0 Å². The van der Waals surface area contributed by atoms with Crippen LogP contribution in [0.5, 0.6) is 0 Å². The highest BCUT2D eigenvalue weighted by Gasteiger charge is 2.31. The molecule has 8 heteroatoms. The maximum Gasteiger partial charge on any atom is 0.238 e. The molecule has 1 amide bonds. The van der Waals surface area contributed by atoms with Crippen LogP contribution in [0.15, 0.2) is 24.3 Å². The summed E-state index contributed by atoms with van der Waals surface area (Å²) in [6.07, 6.45) is 1.53. The van der Waals surface area contributed by atoms with Gasteiger partial charge >= 0.3 is 0 Å². The molecule has 1 fully saturated rings. The number of amides is 1. The molecular weight excluding hydrogens is 376 g/mol. The molecule has 0 saturated carbocycles. The Morgan fingerprint density at radius 2 is 2.00 bits per heavy atom. The lowest BCUT2D eigenvalue weighted by atomic mass is 10.00. The predicted octanol–water partition coefficient (Wildman–Crippen LogP) is 1.86. The number of anilines is 1. The number of benzene rings is 1. The van der Waals surface area contributed by atoms with Crippen molar-refractivity contribution in [2.75, 3.05) is 29.9 Å². The molecule has 0 spiro atoms. The molecule has 1 atom stereocenters. The molecule has 1 aromatic carbocycles. The number of carbonyl (C=O) groups is 1. The van der Waals surface area contributed by atoms with Crippen molar-refractivity contribution in [2.24, 2.45) is 0 Å². The molecule has 2 aromatic rings. The highest BCUT2D eigenvalue weighted by Crippen LogP contribution is 2.29. The number of sulfone groups is 1. The molecule has 1 aromatic heterocycles. The van der Waals surface area contributed by atoms with Gasteiger partial charge in [0, 0.05) is 13.1 Å². The first-order chi connectivity index (χ1) is 13.3. The van der Waals surface area contributed by atoms with Gasteiger partial charge in [-0.2, -0.15) is 5.10 Å². The summed E-state index contributed by atoms with van der Waals surface area (Å²) >= 11 is 0. The zero-order valence-electron chi connectivity index (χ0n) is 16.3. The molecule has 0 radical (unpaired) electrons. The van der Waals surface area contributed by atoms with Gasteiger partial charge in [-0.05, 0) is 37.8 Å². The molecule has 2 aliphatic heterocycles. The van der Waals surface area contributed by atoms with Gasteiger partial charge in [0.2, 0.25) is 5.91 Å². The van der Waals surface area contributed by atoms with Gasteiger partial charge in [0.05, 0.1) is 41.2 Å². The molecule has 1 saturated heterocycles. The van der Waals surface area contributed by atoms with Gasteiger partial charge in [0.15, 0.2) is 9.84 Å². The van der Waals surface area contributed by atoms with Crippen molar-refractivity contribution in [3.8, 4) is 0 Å². The van der Waals surface area contributed by atoms with Crippen molar-refractivity contribution in [3.63, 3.8) is 0 Å². The van der Waals surface area contributed by atoms with Gasteiger partial charge < -0.3 is 5.32 Å². The molecule has 3 heterocycles. The van der Waals surface area contributed by atoms with E-state index >= 15 is 0 Å². The quantitative estimate of drug-likeness (QED) is 0.844. The van der Waals surface area contributed by atoms with Crippen LogP contribution in [0, 0.1) is 13.8 Å². The lowest BCUT2D eigenvalue weighted by Crippen LogP contribution is -2.37. The molecular formula is C20H26N4O3S. The molecule has 28 heavy (non-hydrogen) atoms. The number of hydrogen-bond donors (Lipinski definition) is 1. The first kappa shape index (κ1) is 19.1. The van der Waals surface area contributed by atoms with Crippen molar-refractivity contribution < 1.29 is 13.2 Å². The number of aryl methyl sites for hydroxylation is 1. The summed E-state index contributed by atoms with van der Waals surface area (Å²) in [6.45, 7) is 5.70. The Balaban J connectivity index is 1.43. The summed E-state index contributed by atoms with van der Waals surface area (Å²) in [6, 6.07) is 8.21. The number of nitrogens with one attached hydrogen (secondary N) is 1. The normalized spacial score (nSPS) is 21.4. The van der Waals surface area contributed by atoms with E-state index in [1.54, 1.807) is 4.68 Å². The van der Waals surface area contributed by atoms with Crippen LogP contribution in [-0.2, 0) is 27.6 Å². The van der Waals surface area contributed by atoms with Crippen molar-refractivity contribution in [1.82, 2.24) is 14.7 Å². The zero-order valence-corrected chi connectivity index (χ0v) is 17.1. The summed E-state index contributed by atoms with van der Waals surface area (Å²) in [5.41, 5.74) is 4.88. The summed E-state index contributed by atoms with van der Waals surface area (Å²) < 4.78 is 25.3. The minimum absolute atomic E-state index is 0.0656. The van der Waals surface area contributed by atoms with Crippen LogP contribution in [0.25, 0.3) is 0 Å². The van der Waals surface area contributed by atoms with E-state index in [0.717, 1.165) is 30.9 Å². The topological polar surface area (TPSA) is 84.3 Å². The molecule has 7 nitrogen and oxygen atoms in total. The fourth-order valence-corrected chi connectivity index (χ4v) is 5.93. The lowest BCUT2D eigenvalue weighted by Gasteiger charge is -2.28. The second kappa shape index (κ2) is 7.33. The third kappa shape index (κ3) is 3.84. The van der Waals surface area contributed by atoms with Gasteiger partial charge in [0.1, 0.15) is 0 Å². The summed E-state index contributed by atoms with van der Waals surface area (Å²) in [7, 11) is -2.99. The average molecular weight is 403 g/mol. The zero-order chi connectivity index (χ0) is 19.9. The van der Waals surface area contributed by atoms with E-state index < -0.39 is 9.84 Å². The number of carbonyl (C=O) groups excluding carboxylic acids is 1. The van der Waals surface area contributed by atoms with Gasteiger partial charge in [0.25, 0.3) is 0 Å². The third-order valence-electron chi connectivity index (χ3n) is 5.72. The predicted molar refractivity (Wildman–Crippen MR) is 108 cm³/mol. The van der Waals surface area contributed by atoms with Crippen LogP contribution in [-0.4, -0.2) is 53.6 Å². The number of fused-ring (bicyclic) bond motifs is 1. The number of rotatable bonds is 4. The van der Waals surface area contributed by atoms with E-state index in [0.29, 0.717) is 18.7 Å². The molecule has 0 bridgehead atoms. The molecule has 4 rings (SSSR count). The van der Waals surface area contributed by atoms with Crippen LogP contribution < -0.4 is 5.32 Å². The van der Waals surface area contributed by atoms with E-state index in [1.165, 1.54) is 11.1 Å². The Morgan fingerprint density at radius 3 is 2.71 bits per heavy atom. The molecule has 0 aliphatic carbocycles. The van der Waals surface area contributed by atoms with E-state index in [2.05, 4.69) is 33.5 Å². The van der Waals surface area contributed by atoms with E-state index in [1.807, 2.05) is 19.9 Å². The fraction of sp³-hybridized carbons (Fsp3) is 0.500. The van der Waals surface area contributed by atoms with Gasteiger partial charge in [-0.3, -0.25) is 14.4 Å². The highest BCUT2D eigenvalue weighted by atomic mass is 32.2. The number of nitrogens with zero attached hydrogens (tertiary/aromatic N) is 3. The second-order valence-electron chi connectivity index (χ2n) is 7.82. The Morgan fingerprint density at radius 1 is 1.25 bits per heavy atom. The number of aromatic nitrogens is 2. The minimum atomic E-state index is -2.99. The Bertz CT molecular complexity index is 1010. The lowest BCUT2D eigenvalue weighted by molar-refractivity contribution is -0.117. The summed E-state index contributed by atoms with van der Waals surface area (Å²) in [5, 5.41) is 7.51. The smallest absolute Gasteiger partial charge is 0.238 e. The summed E-state index contributed by atoms with van der Waals surface area (Å²) in [4.78, 5) is 14.8. The van der Waals surface area contributed by atoms with Crippen molar-refractivity contribution in [1.29, 1.82) is 0 Å². The standard InChI is InChI=1S/C20H26N4O3S/c1-14-20(15(2)24(22-14)18-8-10-28(26,27)13-18)21-19(25)12-23-9-7-16-5-3-4-6-17(16)11-23/h3-6,18H,7-13H2,1-2H3,(H,21,25). The van der Waals surface area contributed by atoms with Crippen LogP contribution in [0.1, 0.15) is 35.0 Å². The molecule has 150 valence electrons. The van der Waals surface area contributed by atoms with Crippen LogP contribution in [0.4, 0.5) is 5.69 Å². The Kier molecular flexibility index (Phi) is 5.01. The monoisotopic (exact) mass is 402 g/mol. The van der Waals surface area contributed by atoms with Crippen LogP contribution in [0.2, 0.25) is 0 Å². The third-order valence-corrected chi connectivity index (χ3v) is 7.47. The maximum atomic E-state index is 12.6. The molecule has 1 unspecified atom stereocenters. The van der Waals surface area contributed by atoms with Gasteiger partial charge in [-0.1, -0.05) is 24.3 Å². The first-order valence-electron chi connectivity index (χ1n) is 9.67.